The number of amides is 2. The highest BCUT2D eigenvalue weighted by Gasteiger charge is 2.53. The van der Waals surface area contributed by atoms with Crippen molar-refractivity contribution in [2.24, 2.45) is 0 Å². The van der Waals surface area contributed by atoms with E-state index in [2.05, 4.69) is 5.32 Å². The van der Waals surface area contributed by atoms with Crippen LogP contribution in [0.3, 0.4) is 0 Å². The molecule has 16 heavy (non-hydrogen) atoms. The molecular weight excluding hydrogens is 236 g/mol. The molecule has 0 saturated carbocycles. The summed E-state index contributed by atoms with van der Waals surface area (Å²) in [6.07, 6.45) is 0.361. The summed E-state index contributed by atoms with van der Waals surface area (Å²) in [6.45, 7) is 1.60. The molecule has 0 aromatic rings. The van der Waals surface area contributed by atoms with Gasteiger partial charge in [0.15, 0.2) is 14.6 Å². The largest absolute Gasteiger partial charge is 0.354 e. The molecule has 0 aromatic heterocycles. The van der Waals surface area contributed by atoms with Crippen LogP contribution in [0.2, 0.25) is 0 Å². The standard InChI is InChI=1S/C8H14N2O5S/c1-5-3-8(7(12)10-13,16(2,14)15)4-6(11)9-5/h5,13H,3-4H2,1-2H3,(H,9,11)(H,10,12). The summed E-state index contributed by atoms with van der Waals surface area (Å²) < 4.78 is 21.4. The fourth-order valence-corrected chi connectivity index (χ4v) is 3.26. The van der Waals surface area contributed by atoms with Crippen LogP contribution in [-0.2, 0) is 19.4 Å². The Bertz CT molecular complexity index is 418. The van der Waals surface area contributed by atoms with E-state index in [0.29, 0.717) is 0 Å². The van der Waals surface area contributed by atoms with Crippen LogP contribution < -0.4 is 10.8 Å². The van der Waals surface area contributed by atoms with Crippen molar-refractivity contribution in [3.05, 3.63) is 0 Å². The number of hydrogen-bond acceptors (Lipinski definition) is 5. The minimum Gasteiger partial charge on any atom is -0.354 e. The Kier molecular flexibility index (Phi) is 3.25. The molecule has 0 spiro atoms. The number of sulfone groups is 1. The van der Waals surface area contributed by atoms with Crippen molar-refractivity contribution in [2.75, 3.05) is 6.26 Å². The van der Waals surface area contributed by atoms with E-state index >= 15 is 0 Å². The van der Waals surface area contributed by atoms with Crippen LogP contribution in [0.5, 0.6) is 0 Å². The zero-order chi connectivity index (χ0) is 12.6. The molecule has 2 unspecified atom stereocenters. The Hall–Kier alpha value is -1.15. The summed E-state index contributed by atoms with van der Waals surface area (Å²) in [4.78, 5) is 22.8. The SMILES string of the molecule is CC1CC(C(=O)NO)(S(C)(=O)=O)CC(=O)N1. The summed E-state index contributed by atoms with van der Waals surface area (Å²) >= 11 is 0. The highest BCUT2D eigenvalue weighted by Crippen LogP contribution is 2.30. The van der Waals surface area contributed by atoms with Crippen LogP contribution in [0.15, 0.2) is 0 Å². The first kappa shape index (κ1) is 12.9. The normalized spacial score (nSPS) is 30.7. The predicted molar refractivity (Wildman–Crippen MR) is 54.3 cm³/mol. The zero-order valence-corrected chi connectivity index (χ0v) is 9.80. The maximum Gasteiger partial charge on any atom is 0.265 e. The van der Waals surface area contributed by atoms with Gasteiger partial charge < -0.3 is 5.32 Å². The molecule has 92 valence electrons. The van der Waals surface area contributed by atoms with Gasteiger partial charge in [-0.25, -0.2) is 13.9 Å². The molecule has 2 atom stereocenters. The van der Waals surface area contributed by atoms with Crippen LogP contribution in [-0.4, -0.2) is 42.5 Å². The highest BCUT2D eigenvalue weighted by molar-refractivity contribution is 7.93. The number of rotatable bonds is 2. The lowest BCUT2D eigenvalue weighted by atomic mass is 9.91. The van der Waals surface area contributed by atoms with E-state index in [1.165, 1.54) is 5.48 Å². The minimum absolute atomic E-state index is 0.0516. The average molecular weight is 250 g/mol. The van der Waals surface area contributed by atoms with Gasteiger partial charge in [-0.15, -0.1) is 0 Å². The first-order valence-corrected chi connectivity index (χ1v) is 6.55. The van der Waals surface area contributed by atoms with E-state index in [1.54, 1.807) is 6.92 Å². The van der Waals surface area contributed by atoms with Gasteiger partial charge in [0.05, 0.1) is 6.42 Å². The van der Waals surface area contributed by atoms with Crippen molar-refractivity contribution in [2.45, 2.75) is 30.6 Å². The zero-order valence-electron chi connectivity index (χ0n) is 8.98. The molecule has 0 bridgehead atoms. The van der Waals surface area contributed by atoms with Gasteiger partial charge in [-0.3, -0.25) is 14.8 Å². The lowest BCUT2D eigenvalue weighted by Gasteiger charge is -2.36. The van der Waals surface area contributed by atoms with Crippen LogP contribution in [0.4, 0.5) is 0 Å². The maximum atomic E-state index is 11.6. The first-order valence-electron chi connectivity index (χ1n) is 4.66. The lowest BCUT2D eigenvalue weighted by Crippen LogP contribution is -2.60. The topological polar surface area (TPSA) is 113 Å². The molecule has 1 rings (SSSR count). The van der Waals surface area contributed by atoms with Gasteiger partial charge in [-0.2, -0.15) is 0 Å². The van der Waals surface area contributed by atoms with Gasteiger partial charge in [-0.1, -0.05) is 0 Å². The molecule has 0 aliphatic carbocycles. The quantitative estimate of drug-likeness (QED) is 0.411. The summed E-state index contributed by atoms with van der Waals surface area (Å²) in [5.74, 6) is -1.58. The minimum atomic E-state index is -3.80. The van der Waals surface area contributed by atoms with Gasteiger partial charge in [0.1, 0.15) is 0 Å². The van der Waals surface area contributed by atoms with E-state index in [-0.39, 0.29) is 6.42 Å². The Morgan fingerprint density at radius 1 is 1.62 bits per heavy atom. The van der Waals surface area contributed by atoms with E-state index in [9.17, 15) is 18.0 Å². The molecule has 3 N–H and O–H groups in total. The van der Waals surface area contributed by atoms with Crippen LogP contribution >= 0.6 is 0 Å². The molecular formula is C8H14N2O5S. The Morgan fingerprint density at radius 2 is 2.19 bits per heavy atom. The molecule has 0 radical (unpaired) electrons. The number of piperidine rings is 1. The van der Waals surface area contributed by atoms with E-state index < -0.39 is 38.9 Å². The van der Waals surface area contributed by atoms with Crippen molar-refractivity contribution >= 4 is 21.7 Å². The second-order valence-corrected chi connectivity index (χ2v) is 6.38. The van der Waals surface area contributed by atoms with Crippen molar-refractivity contribution in [3.8, 4) is 0 Å². The average Bonchev–Trinajstić information content (AvgIpc) is 2.13. The summed E-state index contributed by atoms with van der Waals surface area (Å²) in [7, 11) is -3.80. The Morgan fingerprint density at radius 3 is 2.56 bits per heavy atom. The highest BCUT2D eigenvalue weighted by atomic mass is 32.2. The van der Waals surface area contributed by atoms with Gasteiger partial charge in [0.25, 0.3) is 5.91 Å². The maximum absolute atomic E-state index is 11.6. The third-order valence-electron chi connectivity index (χ3n) is 2.71. The van der Waals surface area contributed by atoms with Gasteiger partial charge in [0.2, 0.25) is 5.91 Å². The van der Waals surface area contributed by atoms with Gasteiger partial charge in [0, 0.05) is 12.3 Å². The summed E-state index contributed by atoms with van der Waals surface area (Å²) in [5.41, 5.74) is 1.33. The predicted octanol–water partition coefficient (Wildman–Crippen LogP) is -1.43. The number of carbonyl (C=O) groups is 2. The lowest BCUT2D eigenvalue weighted by molar-refractivity contribution is -0.137. The Balaban J connectivity index is 3.25. The fourth-order valence-electron chi connectivity index (χ4n) is 1.93. The van der Waals surface area contributed by atoms with Gasteiger partial charge >= 0.3 is 0 Å². The summed E-state index contributed by atoms with van der Waals surface area (Å²) in [6, 6.07) is -0.437. The van der Waals surface area contributed by atoms with Crippen molar-refractivity contribution in [1.29, 1.82) is 0 Å². The second-order valence-electron chi connectivity index (χ2n) is 4.06. The number of hydroxylamine groups is 1. The summed E-state index contributed by atoms with van der Waals surface area (Å²) in [5, 5.41) is 11.1. The van der Waals surface area contributed by atoms with Gasteiger partial charge in [-0.05, 0) is 13.3 Å². The monoisotopic (exact) mass is 250 g/mol. The molecule has 1 saturated heterocycles. The number of nitrogens with one attached hydrogen (secondary N) is 2. The molecule has 8 heteroatoms. The second kappa shape index (κ2) is 4.02. The van der Waals surface area contributed by atoms with E-state index in [4.69, 9.17) is 5.21 Å². The van der Waals surface area contributed by atoms with Crippen molar-refractivity contribution < 1.29 is 23.2 Å². The van der Waals surface area contributed by atoms with E-state index in [1.807, 2.05) is 0 Å². The molecule has 1 aliphatic heterocycles. The third kappa shape index (κ3) is 2.03. The van der Waals surface area contributed by atoms with Crippen molar-refractivity contribution in [1.82, 2.24) is 10.8 Å². The molecule has 1 heterocycles. The van der Waals surface area contributed by atoms with Crippen LogP contribution in [0.1, 0.15) is 19.8 Å². The molecule has 2 amide bonds. The van der Waals surface area contributed by atoms with Crippen LogP contribution in [0, 0.1) is 0 Å². The molecule has 1 fully saturated rings. The molecule has 7 nitrogen and oxygen atoms in total. The van der Waals surface area contributed by atoms with Crippen molar-refractivity contribution in [3.63, 3.8) is 0 Å². The Labute approximate surface area is 93.1 Å². The molecule has 0 aromatic carbocycles. The molecule has 1 aliphatic rings. The van der Waals surface area contributed by atoms with E-state index in [0.717, 1.165) is 6.26 Å². The van der Waals surface area contributed by atoms with Crippen LogP contribution in [0.25, 0.3) is 0 Å². The first-order chi connectivity index (χ1) is 7.23. The number of hydrogen-bond donors (Lipinski definition) is 3. The fraction of sp³-hybridized carbons (Fsp3) is 0.750. The smallest absolute Gasteiger partial charge is 0.265 e. The number of carbonyl (C=O) groups excluding carboxylic acids is 2. The third-order valence-corrected chi connectivity index (χ3v) is 4.63.